The van der Waals surface area contributed by atoms with Gasteiger partial charge in [0.1, 0.15) is 4.88 Å². The molecule has 1 atom stereocenters. The number of rotatable bonds is 3. The maximum atomic E-state index is 12.4. The fraction of sp³-hybridized carbons (Fsp3) is 0.600. The highest BCUT2D eigenvalue weighted by molar-refractivity contribution is 7.13. The quantitative estimate of drug-likeness (QED) is 0.913. The van der Waals surface area contributed by atoms with Gasteiger partial charge in [-0.3, -0.25) is 4.79 Å². The van der Waals surface area contributed by atoms with Crippen LogP contribution in [0.4, 0.5) is 13.2 Å². The van der Waals surface area contributed by atoms with Gasteiger partial charge in [-0.05, 0) is 20.3 Å². The lowest BCUT2D eigenvalue weighted by molar-refractivity contribution is -0.137. The van der Waals surface area contributed by atoms with Gasteiger partial charge < -0.3 is 5.32 Å². The van der Waals surface area contributed by atoms with Crippen LogP contribution in [0.3, 0.4) is 0 Å². The van der Waals surface area contributed by atoms with E-state index in [0.29, 0.717) is 11.3 Å². The van der Waals surface area contributed by atoms with Gasteiger partial charge in [0, 0.05) is 6.04 Å². The summed E-state index contributed by atoms with van der Waals surface area (Å²) in [5.74, 6) is -0.496. The molecule has 1 unspecified atom stereocenters. The molecule has 1 rings (SSSR count). The molecular formula is C10H13F3N2OS. The van der Waals surface area contributed by atoms with Gasteiger partial charge in [-0.1, -0.05) is 6.92 Å². The first-order chi connectivity index (χ1) is 7.75. The molecule has 0 radical (unpaired) electrons. The van der Waals surface area contributed by atoms with Gasteiger partial charge in [0.2, 0.25) is 0 Å². The predicted molar refractivity (Wildman–Crippen MR) is 59.1 cm³/mol. The minimum atomic E-state index is -4.50. The molecule has 0 aliphatic heterocycles. The highest BCUT2D eigenvalue weighted by Crippen LogP contribution is 2.33. The summed E-state index contributed by atoms with van der Waals surface area (Å²) < 4.78 is 37.2. The zero-order valence-electron chi connectivity index (χ0n) is 9.68. The van der Waals surface area contributed by atoms with Crippen molar-refractivity contribution in [1.82, 2.24) is 10.3 Å². The number of aromatic nitrogens is 1. The number of alkyl halides is 3. The number of hydrogen-bond donors (Lipinski definition) is 1. The van der Waals surface area contributed by atoms with E-state index in [9.17, 15) is 18.0 Å². The summed E-state index contributed by atoms with van der Waals surface area (Å²) in [6.45, 7) is 5.07. The second kappa shape index (κ2) is 5.03. The SMILES string of the molecule is CCC(C)NC(=O)c1sc(C(F)(F)F)nc1C. The predicted octanol–water partition coefficient (Wildman–Crippen LogP) is 3.00. The van der Waals surface area contributed by atoms with Crippen molar-refractivity contribution in [3.63, 3.8) is 0 Å². The summed E-state index contributed by atoms with van der Waals surface area (Å²) in [6, 6.07) is -0.0710. The zero-order chi connectivity index (χ0) is 13.2. The summed E-state index contributed by atoms with van der Waals surface area (Å²) in [5.41, 5.74) is 0.114. The topological polar surface area (TPSA) is 42.0 Å². The number of nitrogens with zero attached hydrogens (tertiary/aromatic N) is 1. The Labute approximate surface area is 101 Å². The monoisotopic (exact) mass is 266 g/mol. The van der Waals surface area contributed by atoms with Crippen LogP contribution in [0, 0.1) is 6.92 Å². The van der Waals surface area contributed by atoms with Crippen molar-refractivity contribution in [1.29, 1.82) is 0 Å². The molecular weight excluding hydrogens is 253 g/mol. The van der Waals surface area contributed by atoms with E-state index in [1.807, 2.05) is 6.92 Å². The Morgan fingerprint density at radius 1 is 1.53 bits per heavy atom. The van der Waals surface area contributed by atoms with E-state index in [4.69, 9.17) is 0 Å². The van der Waals surface area contributed by atoms with E-state index in [0.717, 1.165) is 6.42 Å². The number of halogens is 3. The zero-order valence-corrected chi connectivity index (χ0v) is 10.5. The van der Waals surface area contributed by atoms with Crippen molar-refractivity contribution in [2.24, 2.45) is 0 Å². The third-order valence-electron chi connectivity index (χ3n) is 2.24. The number of nitrogens with one attached hydrogen (secondary N) is 1. The Hall–Kier alpha value is -1.11. The van der Waals surface area contributed by atoms with Gasteiger partial charge in [0.05, 0.1) is 5.69 Å². The summed E-state index contributed by atoms with van der Waals surface area (Å²) in [7, 11) is 0. The molecule has 0 spiro atoms. The maximum absolute atomic E-state index is 12.4. The van der Waals surface area contributed by atoms with Crippen LogP contribution in [-0.4, -0.2) is 16.9 Å². The number of amides is 1. The van der Waals surface area contributed by atoms with Gasteiger partial charge in [-0.15, -0.1) is 11.3 Å². The third-order valence-corrected chi connectivity index (χ3v) is 3.44. The molecule has 0 aliphatic carbocycles. The highest BCUT2D eigenvalue weighted by atomic mass is 32.1. The molecule has 0 aromatic carbocycles. The molecule has 3 nitrogen and oxygen atoms in total. The molecule has 0 saturated heterocycles. The summed E-state index contributed by atoms with van der Waals surface area (Å²) in [6.07, 6.45) is -3.78. The Kier molecular flexibility index (Phi) is 4.13. The first-order valence-corrected chi connectivity index (χ1v) is 5.92. The minimum Gasteiger partial charge on any atom is -0.349 e. The normalized spacial score (nSPS) is 13.5. The van der Waals surface area contributed by atoms with Crippen LogP contribution < -0.4 is 5.32 Å². The second-order valence-corrected chi connectivity index (χ2v) is 4.71. The van der Waals surface area contributed by atoms with E-state index < -0.39 is 17.1 Å². The third kappa shape index (κ3) is 3.42. The number of hydrogen-bond acceptors (Lipinski definition) is 3. The van der Waals surface area contributed by atoms with Crippen molar-refractivity contribution in [2.75, 3.05) is 0 Å². The van der Waals surface area contributed by atoms with Crippen LogP contribution in [0.15, 0.2) is 0 Å². The maximum Gasteiger partial charge on any atom is 0.443 e. The first kappa shape index (κ1) is 14.0. The minimum absolute atomic E-state index is 0.0256. The molecule has 0 aliphatic rings. The molecule has 1 aromatic rings. The molecule has 1 N–H and O–H groups in total. The molecule has 0 bridgehead atoms. The lowest BCUT2D eigenvalue weighted by atomic mass is 10.2. The van der Waals surface area contributed by atoms with Crippen molar-refractivity contribution >= 4 is 17.2 Å². The Bertz CT molecular complexity index is 414. The van der Waals surface area contributed by atoms with Crippen LogP contribution in [0.2, 0.25) is 0 Å². The van der Waals surface area contributed by atoms with E-state index in [1.54, 1.807) is 6.92 Å². The van der Waals surface area contributed by atoms with Gasteiger partial charge in [0.25, 0.3) is 5.91 Å². The van der Waals surface area contributed by atoms with Gasteiger partial charge in [-0.25, -0.2) is 4.98 Å². The van der Waals surface area contributed by atoms with Crippen molar-refractivity contribution < 1.29 is 18.0 Å². The Balaban J connectivity index is 2.92. The van der Waals surface area contributed by atoms with Crippen LogP contribution >= 0.6 is 11.3 Å². The number of aryl methyl sites for hydroxylation is 1. The molecule has 0 saturated carbocycles. The average molecular weight is 266 g/mol. The smallest absolute Gasteiger partial charge is 0.349 e. The van der Waals surface area contributed by atoms with E-state index in [2.05, 4.69) is 10.3 Å². The summed E-state index contributed by atoms with van der Waals surface area (Å²) in [4.78, 5) is 15.1. The van der Waals surface area contributed by atoms with E-state index >= 15 is 0 Å². The van der Waals surface area contributed by atoms with E-state index in [-0.39, 0.29) is 16.6 Å². The lowest BCUT2D eigenvalue weighted by Crippen LogP contribution is -2.31. The molecule has 17 heavy (non-hydrogen) atoms. The largest absolute Gasteiger partial charge is 0.443 e. The van der Waals surface area contributed by atoms with Crippen LogP contribution in [0.1, 0.15) is 40.6 Å². The fourth-order valence-corrected chi connectivity index (χ4v) is 1.96. The van der Waals surface area contributed by atoms with Crippen LogP contribution in [0.5, 0.6) is 0 Å². The molecule has 1 amide bonds. The number of thiazole rings is 1. The van der Waals surface area contributed by atoms with Crippen molar-refractivity contribution in [2.45, 2.75) is 39.4 Å². The second-order valence-electron chi connectivity index (χ2n) is 3.71. The Morgan fingerprint density at radius 3 is 2.53 bits per heavy atom. The van der Waals surface area contributed by atoms with Crippen molar-refractivity contribution in [3.05, 3.63) is 15.6 Å². The van der Waals surface area contributed by atoms with Gasteiger partial charge in [-0.2, -0.15) is 13.2 Å². The Morgan fingerprint density at radius 2 is 2.12 bits per heavy atom. The fourth-order valence-electron chi connectivity index (χ4n) is 1.12. The van der Waals surface area contributed by atoms with Crippen molar-refractivity contribution in [3.8, 4) is 0 Å². The van der Waals surface area contributed by atoms with Gasteiger partial charge >= 0.3 is 6.18 Å². The summed E-state index contributed by atoms with van der Waals surface area (Å²) >= 11 is 0.379. The standard InChI is InChI=1S/C10H13F3N2OS/c1-4-5(2)14-8(16)7-6(3)15-9(17-7)10(11,12)13/h5H,4H2,1-3H3,(H,14,16). The van der Waals surface area contributed by atoms with E-state index in [1.165, 1.54) is 6.92 Å². The van der Waals surface area contributed by atoms with Crippen LogP contribution in [-0.2, 0) is 6.18 Å². The molecule has 0 fully saturated rings. The number of carbonyl (C=O) groups is 1. The number of carbonyl (C=O) groups excluding carboxylic acids is 1. The molecule has 1 aromatic heterocycles. The molecule has 96 valence electrons. The molecule has 7 heteroatoms. The molecule has 1 heterocycles. The lowest BCUT2D eigenvalue weighted by Gasteiger charge is -2.10. The average Bonchev–Trinajstić information content (AvgIpc) is 2.59. The highest BCUT2D eigenvalue weighted by Gasteiger charge is 2.36. The summed E-state index contributed by atoms with van der Waals surface area (Å²) in [5, 5.41) is 1.63. The van der Waals surface area contributed by atoms with Crippen LogP contribution in [0.25, 0.3) is 0 Å². The van der Waals surface area contributed by atoms with Gasteiger partial charge in [0.15, 0.2) is 5.01 Å². The first-order valence-electron chi connectivity index (χ1n) is 5.11.